The highest BCUT2D eigenvalue weighted by atomic mass is 32.1. The number of aromatic nitrogens is 3. The van der Waals surface area contributed by atoms with Gasteiger partial charge in [-0.3, -0.25) is 4.99 Å². The number of thiazole rings is 1. The quantitative estimate of drug-likeness (QED) is 0.175. The zero-order valence-corrected chi connectivity index (χ0v) is 24.0. The lowest BCUT2D eigenvalue weighted by Gasteiger charge is -2.25. The fourth-order valence-corrected chi connectivity index (χ4v) is 5.14. The molecule has 0 radical (unpaired) electrons. The van der Waals surface area contributed by atoms with Crippen LogP contribution in [0.3, 0.4) is 0 Å². The molecule has 0 unspecified atom stereocenters. The van der Waals surface area contributed by atoms with Crippen molar-refractivity contribution in [3.05, 3.63) is 71.9 Å². The highest BCUT2D eigenvalue weighted by Gasteiger charge is 2.17. The van der Waals surface area contributed by atoms with E-state index < -0.39 is 5.82 Å². The lowest BCUT2D eigenvalue weighted by atomic mass is 10.1. The Kier molecular flexibility index (Phi) is 8.85. The summed E-state index contributed by atoms with van der Waals surface area (Å²) in [6, 6.07) is 8.76. The molecule has 0 atom stereocenters. The monoisotopic (exact) mass is 573 g/mol. The average Bonchev–Trinajstić information content (AvgIpc) is 3.43. The number of hydrogen-bond acceptors (Lipinski definition) is 10. The number of ether oxygens (including phenoxy) is 2. The molecule has 9 nitrogen and oxygen atoms in total. The normalized spacial score (nSPS) is 14.4. The number of aliphatic imine (C=N–C) groups is 1. The summed E-state index contributed by atoms with van der Waals surface area (Å²) in [4.78, 5) is 17.5. The van der Waals surface area contributed by atoms with Gasteiger partial charge in [0.2, 0.25) is 0 Å². The van der Waals surface area contributed by atoms with Crippen molar-refractivity contribution < 1.29 is 13.9 Å². The Morgan fingerprint density at radius 3 is 2.76 bits per heavy atom. The fourth-order valence-electron chi connectivity index (χ4n) is 4.45. The van der Waals surface area contributed by atoms with Crippen molar-refractivity contribution in [3.8, 4) is 16.7 Å². The molecular weight excluding hydrogens is 541 g/mol. The molecular formula is C30H32FN7O2S. The summed E-state index contributed by atoms with van der Waals surface area (Å²) in [6.45, 7) is 9.44. The molecule has 0 bridgehead atoms. The van der Waals surface area contributed by atoms with E-state index in [0.717, 1.165) is 48.3 Å². The number of fused-ring (bicyclic) bond motifs is 1. The molecule has 1 fully saturated rings. The smallest absolute Gasteiger partial charge is 0.279 e. The van der Waals surface area contributed by atoms with Crippen LogP contribution in [0, 0.1) is 5.82 Å². The van der Waals surface area contributed by atoms with Gasteiger partial charge in [0.05, 0.1) is 29.7 Å². The van der Waals surface area contributed by atoms with Gasteiger partial charge in [0.15, 0.2) is 0 Å². The molecule has 11 heteroatoms. The van der Waals surface area contributed by atoms with E-state index in [9.17, 15) is 0 Å². The number of nitrogens with zero attached hydrogens (tertiary/aromatic N) is 4. The minimum atomic E-state index is -0.490. The fraction of sp³-hybridized carbons (Fsp3) is 0.267. The van der Waals surface area contributed by atoms with Crippen LogP contribution < -0.4 is 25.4 Å². The summed E-state index contributed by atoms with van der Waals surface area (Å²) in [6.07, 6.45) is 7.09. The molecule has 212 valence electrons. The van der Waals surface area contributed by atoms with Gasteiger partial charge >= 0.3 is 0 Å². The number of halogens is 1. The van der Waals surface area contributed by atoms with Crippen molar-refractivity contribution in [1.29, 1.82) is 0 Å². The molecule has 5 rings (SSSR count). The van der Waals surface area contributed by atoms with E-state index in [1.807, 2.05) is 37.4 Å². The van der Waals surface area contributed by atoms with Crippen molar-refractivity contribution >= 4 is 51.2 Å². The summed E-state index contributed by atoms with van der Waals surface area (Å²) in [7, 11) is 1.64. The molecule has 1 saturated heterocycles. The minimum Gasteiger partial charge on any atom is -0.495 e. The van der Waals surface area contributed by atoms with Crippen LogP contribution >= 0.6 is 11.3 Å². The van der Waals surface area contributed by atoms with Crippen molar-refractivity contribution in [3.63, 3.8) is 0 Å². The maximum absolute atomic E-state index is 15.2. The van der Waals surface area contributed by atoms with Crippen molar-refractivity contribution in [2.45, 2.75) is 32.7 Å². The van der Waals surface area contributed by atoms with Gasteiger partial charge < -0.3 is 25.4 Å². The molecule has 0 saturated carbocycles. The molecule has 1 aliphatic rings. The number of hydrogen-bond donors (Lipinski definition) is 3. The number of anilines is 3. The number of allylic oxidation sites excluding steroid dienone is 3. The van der Waals surface area contributed by atoms with Gasteiger partial charge in [0.1, 0.15) is 29.5 Å². The van der Waals surface area contributed by atoms with E-state index in [0.29, 0.717) is 39.8 Å². The number of methoxy groups -OCH3 is 1. The van der Waals surface area contributed by atoms with E-state index >= 15 is 4.39 Å². The third-order valence-corrected chi connectivity index (χ3v) is 7.29. The maximum Gasteiger partial charge on any atom is 0.279 e. The molecule has 2 aromatic carbocycles. The maximum atomic E-state index is 15.2. The van der Waals surface area contributed by atoms with Crippen LogP contribution in [0.25, 0.3) is 16.5 Å². The summed E-state index contributed by atoms with van der Waals surface area (Å²) >= 11 is 1.32. The van der Waals surface area contributed by atoms with Gasteiger partial charge in [-0.25, -0.2) is 19.3 Å². The zero-order valence-electron chi connectivity index (χ0n) is 23.2. The number of benzene rings is 2. The molecule has 4 aromatic rings. The van der Waals surface area contributed by atoms with Gasteiger partial charge in [-0.2, -0.15) is 0 Å². The summed E-state index contributed by atoms with van der Waals surface area (Å²) in [5.41, 5.74) is 4.05. The third-order valence-electron chi connectivity index (χ3n) is 6.57. The second kappa shape index (κ2) is 12.9. The first-order valence-corrected chi connectivity index (χ1v) is 14.2. The molecule has 2 aromatic heterocycles. The number of piperidine rings is 1. The Balaban J connectivity index is 1.34. The Hall–Kier alpha value is -4.35. The van der Waals surface area contributed by atoms with Crippen LogP contribution in [-0.4, -0.2) is 47.4 Å². The lowest BCUT2D eigenvalue weighted by molar-refractivity contribution is 0.414. The average molecular weight is 574 g/mol. The van der Waals surface area contributed by atoms with Crippen LogP contribution in [-0.2, 0) is 0 Å². The van der Waals surface area contributed by atoms with Crippen LogP contribution in [0.4, 0.5) is 21.6 Å². The topological polar surface area (TPSA) is 106 Å². The first-order chi connectivity index (χ1) is 19.9. The molecule has 0 spiro atoms. The Labute approximate surface area is 242 Å². The molecule has 3 N–H and O–H groups in total. The minimum absolute atomic E-state index is 0.257. The zero-order chi connectivity index (χ0) is 28.8. The van der Waals surface area contributed by atoms with Gasteiger partial charge in [0, 0.05) is 46.4 Å². The van der Waals surface area contributed by atoms with E-state index in [1.54, 1.807) is 25.5 Å². The number of rotatable bonds is 10. The Morgan fingerprint density at radius 1 is 1.20 bits per heavy atom. The van der Waals surface area contributed by atoms with E-state index in [-0.39, 0.29) is 5.69 Å². The Morgan fingerprint density at radius 2 is 2.02 bits per heavy atom. The van der Waals surface area contributed by atoms with Crippen LogP contribution in [0.5, 0.6) is 16.7 Å². The molecule has 3 heterocycles. The molecule has 1 aliphatic heterocycles. The Bertz CT molecular complexity index is 1610. The van der Waals surface area contributed by atoms with Crippen molar-refractivity contribution in [2.24, 2.45) is 4.99 Å². The summed E-state index contributed by atoms with van der Waals surface area (Å²) < 4.78 is 26.7. The predicted octanol–water partition coefficient (Wildman–Crippen LogP) is 6.94. The van der Waals surface area contributed by atoms with Crippen molar-refractivity contribution in [1.82, 2.24) is 20.3 Å². The van der Waals surface area contributed by atoms with E-state index in [1.165, 1.54) is 23.7 Å². The second-order valence-corrected chi connectivity index (χ2v) is 10.4. The van der Waals surface area contributed by atoms with E-state index in [2.05, 4.69) is 42.5 Å². The van der Waals surface area contributed by atoms with Gasteiger partial charge in [-0.1, -0.05) is 24.0 Å². The molecule has 0 amide bonds. The highest BCUT2D eigenvalue weighted by Crippen LogP contribution is 2.35. The van der Waals surface area contributed by atoms with Crippen LogP contribution in [0.15, 0.2) is 65.4 Å². The summed E-state index contributed by atoms with van der Waals surface area (Å²) in [5, 5.41) is 13.1. The standard InChI is InChI=1S/C30H32FN7O2S/c1-5-19(15-33-18(2)3)27-16-41-30(38-27)40-21-6-7-24(23(31)12-21)37-29-22-13-26(36-20-8-10-32-11-9-20)28(39-4)14-25(22)34-17-35-29/h5-7,12-17,20,32,36H,2,8-11H2,1,3-4H3,(H,34,35,37)/b19-5+,33-15?. The predicted molar refractivity (Wildman–Crippen MR) is 164 cm³/mol. The first-order valence-electron chi connectivity index (χ1n) is 13.3. The SMILES string of the molecule is C=C(C)N=C/C(=C\C)c1csc(Oc2ccc(Nc3ncnc4cc(OC)c(NC5CCNCC5)cc34)c(F)c2)n1. The lowest BCUT2D eigenvalue weighted by Crippen LogP contribution is -2.35. The molecule has 41 heavy (non-hydrogen) atoms. The van der Waals surface area contributed by atoms with Gasteiger partial charge in [0.25, 0.3) is 5.19 Å². The first kappa shape index (κ1) is 28.2. The van der Waals surface area contributed by atoms with Gasteiger partial charge in [-0.05, 0) is 58.0 Å². The molecule has 0 aliphatic carbocycles. The van der Waals surface area contributed by atoms with E-state index in [4.69, 9.17) is 9.47 Å². The third kappa shape index (κ3) is 6.87. The number of nitrogens with one attached hydrogen (secondary N) is 3. The largest absolute Gasteiger partial charge is 0.495 e. The van der Waals surface area contributed by atoms with Crippen LogP contribution in [0.1, 0.15) is 32.4 Å². The van der Waals surface area contributed by atoms with Crippen LogP contribution in [0.2, 0.25) is 0 Å². The highest BCUT2D eigenvalue weighted by molar-refractivity contribution is 7.11. The second-order valence-electron chi connectivity index (χ2n) is 9.57. The summed E-state index contributed by atoms with van der Waals surface area (Å²) in [5.74, 6) is 1.02. The van der Waals surface area contributed by atoms with Crippen molar-refractivity contribution in [2.75, 3.05) is 30.8 Å². The van der Waals surface area contributed by atoms with Gasteiger partial charge in [-0.15, -0.1) is 0 Å².